The van der Waals surface area contributed by atoms with Crippen molar-refractivity contribution in [2.45, 2.75) is 52.0 Å². The first-order chi connectivity index (χ1) is 9.61. The van der Waals surface area contributed by atoms with Gasteiger partial charge in [-0.25, -0.2) is 0 Å². The van der Waals surface area contributed by atoms with Gasteiger partial charge in [0.05, 0.1) is 6.04 Å². The molecule has 1 amide bonds. The van der Waals surface area contributed by atoms with E-state index in [9.17, 15) is 4.79 Å². The molecular formula is C16H31N3O. The van der Waals surface area contributed by atoms with Crippen molar-refractivity contribution < 1.29 is 4.79 Å². The Kier molecular flexibility index (Phi) is 5.85. The van der Waals surface area contributed by atoms with E-state index in [1.165, 1.54) is 32.5 Å². The number of nitrogens with zero attached hydrogens (tertiary/aromatic N) is 2. The predicted molar refractivity (Wildman–Crippen MR) is 82.4 cm³/mol. The van der Waals surface area contributed by atoms with Gasteiger partial charge in [-0.3, -0.25) is 4.79 Å². The van der Waals surface area contributed by atoms with Crippen LogP contribution in [0.1, 0.15) is 46.0 Å². The van der Waals surface area contributed by atoms with Crippen molar-refractivity contribution in [2.24, 2.45) is 17.6 Å². The van der Waals surface area contributed by atoms with Crippen LogP contribution in [0.3, 0.4) is 0 Å². The number of carbonyl (C=O) groups is 1. The summed E-state index contributed by atoms with van der Waals surface area (Å²) in [7, 11) is 0. The van der Waals surface area contributed by atoms with Crippen molar-refractivity contribution in [3.8, 4) is 0 Å². The van der Waals surface area contributed by atoms with Crippen LogP contribution in [0.25, 0.3) is 0 Å². The minimum absolute atomic E-state index is 0.166. The Morgan fingerprint density at radius 2 is 1.80 bits per heavy atom. The molecule has 4 heteroatoms. The summed E-state index contributed by atoms with van der Waals surface area (Å²) in [4.78, 5) is 16.9. The number of hydrogen-bond acceptors (Lipinski definition) is 3. The molecule has 0 radical (unpaired) electrons. The molecule has 1 unspecified atom stereocenters. The van der Waals surface area contributed by atoms with E-state index in [2.05, 4.69) is 18.7 Å². The summed E-state index contributed by atoms with van der Waals surface area (Å²) in [6.45, 7) is 9.77. The van der Waals surface area contributed by atoms with Crippen LogP contribution in [0.5, 0.6) is 0 Å². The first-order valence-electron chi connectivity index (χ1n) is 8.38. The smallest absolute Gasteiger partial charge is 0.239 e. The quantitative estimate of drug-likeness (QED) is 0.834. The molecule has 2 aliphatic rings. The molecule has 0 saturated carbocycles. The molecule has 116 valence electrons. The Morgan fingerprint density at radius 3 is 2.35 bits per heavy atom. The summed E-state index contributed by atoms with van der Waals surface area (Å²) in [5, 5.41) is 0. The zero-order valence-corrected chi connectivity index (χ0v) is 13.2. The van der Waals surface area contributed by atoms with E-state index in [4.69, 9.17) is 5.73 Å². The molecule has 20 heavy (non-hydrogen) atoms. The highest BCUT2D eigenvalue weighted by Crippen LogP contribution is 2.21. The van der Waals surface area contributed by atoms with Gasteiger partial charge in [-0.2, -0.15) is 0 Å². The standard InChI is InChI=1S/C16H31N3O/c1-3-13(2)15(17)16(20)19-10-6-14(7-11-19)12-18-8-4-5-9-18/h13-15H,3-12,17H2,1-2H3/t13?,15-/m0/s1. The molecular weight excluding hydrogens is 250 g/mol. The monoisotopic (exact) mass is 281 g/mol. The number of carbonyl (C=O) groups excluding carboxylic acids is 1. The third-order valence-electron chi connectivity index (χ3n) is 5.18. The van der Waals surface area contributed by atoms with Crippen molar-refractivity contribution in [3.63, 3.8) is 0 Å². The normalized spacial score (nSPS) is 24.9. The molecule has 2 aliphatic heterocycles. The number of amides is 1. The van der Waals surface area contributed by atoms with Crippen LogP contribution >= 0.6 is 0 Å². The number of nitrogens with two attached hydrogens (primary N) is 1. The molecule has 0 aromatic rings. The third kappa shape index (κ3) is 3.95. The molecule has 2 atom stereocenters. The highest BCUT2D eigenvalue weighted by Gasteiger charge is 2.29. The Labute approximate surface area is 123 Å². The van der Waals surface area contributed by atoms with Crippen LogP contribution < -0.4 is 5.73 Å². The molecule has 2 saturated heterocycles. The Morgan fingerprint density at radius 1 is 1.20 bits per heavy atom. The van der Waals surface area contributed by atoms with E-state index in [1.807, 2.05) is 4.90 Å². The second kappa shape index (κ2) is 7.41. The van der Waals surface area contributed by atoms with Crippen LogP contribution in [0.15, 0.2) is 0 Å². The molecule has 0 aromatic heterocycles. The second-order valence-corrected chi connectivity index (χ2v) is 6.69. The molecule has 0 aliphatic carbocycles. The van der Waals surface area contributed by atoms with Crippen molar-refractivity contribution in [1.29, 1.82) is 0 Å². The maximum atomic E-state index is 12.3. The lowest BCUT2D eigenvalue weighted by molar-refractivity contribution is -0.135. The Hall–Kier alpha value is -0.610. The average Bonchev–Trinajstić information content (AvgIpc) is 2.98. The van der Waals surface area contributed by atoms with Crippen molar-refractivity contribution in [2.75, 3.05) is 32.7 Å². The first kappa shape index (κ1) is 15.8. The maximum Gasteiger partial charge on any atom is 0.239 e. The summed E-state index contributed by atoms with van der Waals surface area (Å²) in [5.41, 5.74) is 6.07. The number of piperidine rings is 1. The summed E-state index contributed by atoms with van der Waals surface area (Å²) in [6.07, 6.45) is 5.99. The lowest BCUT2D eigenvalue weighted by Gasteiger charge is -2.35. The molecule has 2 N–H and O–H groups in total. The second-order valence-electron chi connectivity index (χ2n) is 6.69. The van der Waals surface area contributed by atoms with E-state index in [0.29, 0.717) is 0 Å². The van der Waals surface area contributed by atoms with Crippen molar-refractivity contribution in [3.05, 3.63) is 0 Å². The van der Waals surface area contributed by atoms with E-state index < -0.39 is 0 Å². The van der Waals surface area contributed by atoms with Gasteiger partial charge in [0.1, 0.15) is 0 Å². The Balaban J connectivity index is 1.74. The van der Waals surface area contributed by atoms with Crippen molar-refractivity contribution in [1.82, 2.24) is 9.80 Å². The van der Waals surface area contributed by atoms with Crippen LogP contribution in [0.4, 0.5) is 0 Å². The van der Waals surface area contributed by atoms with E-state index >= 15 is 0 Å². The number of likely N-dealkylation sites (tertiary alicyclic amines) is 2. The van der Waals surface area contributed by atoms with Gasteiger partial charge < -0.3 is 15.5 Å². The molecule has 2 fully saturated rings. The van der Waals surface area contributed by atoms with Gasteiger partial charge in [0, 0.05) is 19.6 Å². The SMILES string of the molecule is CCC(C)[C@H](N)C(=O)N1CCC(CN2CCCC2)CC1. The zero-order valence-electron chi connectivity index (χ0n) is 13.2. The predicted octanol–water partition coefficient (Wildman–Crippen LogP) is 1.69. The molecule has 2 heterocycles. The summed E-state index contributed by atoms with van der Waals surface area (Å²) >= 11 is 0. The third-order valence-corrected chi connectivity index (χ3v) is 5.18. The van der Waals surface area contributed by atoms with Gasteiger partial charge in [0.2, 0.25) is 5.91 Å². The number of rotatable bonds is 5. The van der Waals surface area contributed by atoms with Crippen LogP contribution in [0.2, 0.25) is 0 Å². The first-order valence-corrected chi connectivity index (χ1v) is 8.38. The largest absolute Gasteiger partial charge is 0.341 e. The maximum absolute atomic E-state index is 12.3. The van der Waals surface area contributed by atoms with Crippen molar-refractivity contribution >= 4 is 5.91 Å². The Bertz CT molecular complexity index is 307. The summed E-state index contributed by atoms with van der Waals surface area (Å²) < 4.78 is 0. The van der Waals surface area contributed by atoms with Gasteiger partial charge in [-0.05, 0) is 50.6 Å². The fraction of sp³-hybridized carbons (Fsp3) is 0.938. The minimum Gasteiger partial charge on any atom is -0.341 e. The van der Waals surface area contributed by atoms with E-state index in [0.717, 1.165) is 38.3 Å². The lowest BCUT2D eigenvalue weighted by Crippen LogP contribution is -2.50. The van der Waals surface area contributed by atoms with Crippen LogP contribution in [-0.2, 0) is 4.79 Å². The van der Waals surface area contributed by atoms with Gasteiger partial charge in [-0.15, -0.1) is 0 Å². The molecule has 0 aromatic carbocycles. The van der Waals surface area contributed by atoms with Crippen LogP contribution in [-0.4, -0.2) is 54.5 Å². The van der Waals surface area contributed by atoms with Gasteiger partial charge >= 0.3 is 0 Å². The molecule has 0 spiro atoms. The fourth-order valence-electron chi connectivity index (χ4n) is 3.37. The topological polar surface area (TPSA) is 49.6 Å². The molecule has 2 rings (SSSR count). The number of hydrogen-bond donors (Lipinski definition) is 1. The highest BCUT2D eigenvalue weighted by atomic mass is 16.2. The lowest BCUT2D eigenvalue weighted by atomic mass is 9.94. The highest BCUT2D eigenvalue weighted by molar-refractivity contribution is 5.82. The average molecular weight is 281 g/mol. The van der Waals surface area contributed by atoms with Gasteiger partial charge in [0.15, 0.2) is 0 Å². The minimum atomic E-state index is -0.310. The van der Waals surface area contributed by atoms with E-state index in [-0.39, 0.29) is 17.9 Å². The zero-order chi connectivity index (χ0) is 14.5. The molecule has 4 nitrogen and oxygen atoms in total. The summed E-state index contributed by atoms with van der Waals surface area (Å²) in [6, 6.07) is -0.310. The summed E-state index contributed by atoms with van der Waals surface area (Å²) in [5.74, 6) is 1.22. The van der Waals surface area contributed by atoms with Gasteiger partial charge in [0.25, 0.3) is 0 Å². The van der Waals surface area contributed by atoms with E-state index in [1.54, 1.807) is 0 Å². The van der Waals surface area contributed by atoms with Crippen LogP contribution in [0, 0.1) is 11.8 Å². The van der Waals surface area contributed by atoms with Gasteiger partial charge in [-0.1, -0.05) is 20.3 Å². The fourth-order valence-corrected chi connectivity index (χ4v) is 3.37. The molecule has 0 bridgehead atoms.